The average Bonchev–Trinajstić information content (AvgIpc) is 2.79. The molecule has 0 unspecified atom stereocenters. The second-order valence-electron chi connectivity index (χ2n) is 4.07. The lowest BCUT2D eigenvalue weighted by Crippen LogP contribution is -2.01. The maximum atomic E-state index is 13.6. The van der Waals surface area contributed by atoms with Gasteiger partial charge in [0.1, 0.15) is 0 Å². The molecule has 0 radical (unpaired) electrons. The molecule has 1 aromatic carbocycles. The summed E-state index contributed by atoms with van der Waals surface area (Å²) in [5.74, 6) is -0.417. The molecule has 1 N–H and O–H groups in total. The number of aromatic nitrogens is 2. The van der Waals surface area contributed by atoms with Gasteiger partial charge in [0.2, 0.25) is 0 Å². The van der Waals surface area contributed by atoms with Crippen molar-refractivity contribution >= 4 is 17.3 Å². The minimum absolute atomic E-state index is 0.127. The van der Waals surface area contributed by atoms with E-state index in [1.54, 1.807) is 18.3 Å². The van der Waals surface area contributed by atoms with Crippen molar-refractivity contribution < 1.29 is 4.39 Å². The highest BCUT2D eigenvalue weighted by molar-refractivity contribution is 6.31. The summed E-state index contributed by atoms with van der Waals surface area (Å²) in [6.45, 7) is 3.52. The summed E-state index contributed by atoms with van der Waals surface area (Å²) < 4.78 is 15.5. The number of aryl methyl sites for hydroxylation is 1. The molecule has 0 fully saturated rings. The van der Waals surface area contributed by atoms with Gasteiger partial charge in [-0.1, -0.05) is 24.6 Å². The summed E-state index contributed by atoms with van der Waals surface area (Å²) in [5, 5.41) is 7.35. The van der Waals surface area contributed by atoms with E-state index in [1.807, 2.05) is 10.9 Å². The van der Waals surface area contributed by atoms with Gasteiger partial charge in [0, 0.05) is 24.8 Å². The number of anilines is 1. The zero-order valence-electron chi connectivity index (χ0n) is 10.2. The van der Waals surface area contributed by atoms with E-state index in [-0.39, 0.29) is 5.02 Å². The molecule has 0 amide bonds. The number of hydrogen-bond donors (Lipinski definition) is 1. The van der Waals surface area contributed by atoms with Gasteiger partial charge in [0.25, 0.3) is 0 Å². The molecule has 96 valence electrons. The van der Waals surface area contributed by atoms with Crippen LogP contribution in [-0.4, -0.2) is 9.78 Å². The Hall–Kier alpha value is -1.55. The number of hydrogen-bond acceptors (Lipinski definition) is 2. The van der Waals surface area contributed by atoms with Crippen LogP contribution in [0.5, 0.6) is 0 Å². The third-order valence-electron chi connectivity index (χ3n) is 2.57. The lowest BCUT2D eigenvalue weighted by Gasteiger charge is -2.06. The minimum atomic E-state index is -0.417. The standard InChI is InChI=1S/C13H15ClFN3/c1-2-6-18-9-10(8-17-18)7-16-12-5-3-4-11(14)13(12)15/h3-5,8-9,16H,2,6-7H2,1H3. The summed E-state index contributed by atoms with van der Waals surface area (Å²) >= 11 is 5.71. The smallest absolute Gasteiger partial charge is 0.164 e. The number of rotatable bonds is 5. The highest BCUT2D eigenvalue weighted by atomic mass is 35.5. The van der Waals surface area contributed by atoms with E-state index >= 15 is 0 Å². The quantitative estimate of drug-likeness (QED) is 0.895. The fraction of sp³-hybridized carbons (Fsp3) is 0.308. The van der Waals surface area contributed by atoms with Crippen molar-refractivity contribution in [2.45, 2.75) is 26.4 Å². The maximum Gasteiger partial charge on any atom is 0.164 e. The molecule has 1 aromatic heterocycles. The van der Waals surface area contributed by atoms with E-state index in [1.165, 1.54) is 6.07 Å². The molecule has 0 saturated carbocycles. The van der Waals surface area contributed by atoms with Crippen LogP contribution in [0, 0.1) is 5.82 Å². The monoisotopic (exact) mass is 267 g/mol. The van der Waals surface area contributed by atoms with Gasteiger partial charge in [-0.25, -0.2) is 4.39 Å². The summed E-state index contributed by atoms with van der Waals surface area (Å²) in [7, 11) is 0. The van der Waals surface area contributed by atoms with Crippen LogP contribution < -0.4 is 5.32 Å². The van der Waals surface area contributed by atoms with Gasteiger partial charge in [0.05, 0.1) is 16.9 Å². The highest BCUT2D eigenvalue weighted by Crippen LogP contribution is 2.22. The first kappa shape index (κ1) is 12.9. The molecule has 0 atom stereocenters. The van der Waals surface area contributed by atoms with Gasteiger partial charge >= 0.3 is 0 Å². The van der Waals surface area contributed by atoms with Gasteiger partial charge < -0.3 is 5.32 Å². The topological polar surface area (TPSA) is 29.9 Å². The predicted octanol–water partition coefficient (Wildman–Crippen LogP) is 3.70. The van der Waals surface area contributed by atoms with E-state index in [2.05, 4.69) is 17.3 Å². The molecule has 2 aromatic rings. The van der Waals surface area contributed by atoms with Crippen molar-refractivity contribution in [1.29, 1.82) is 0 Å². The van der Waals surface area contributed by atoms with Crippen molar-refractivity contribution in [3.63, 3.8) is 0 Å². The summed E-state index contributed by atoms with van der Waals surface area (Å²) in [6.07, 6.45) is 4.78. The first-order valence-corrected chi connectivity index (χ1v) is 6.27. The molecule has 3 nitrogen and oxygen atoms in total. The van der Waals surface area contributed by atoms with Crippen molar-refractivity contribution in [3.05, 3.63) is 47.0 Å². The fourth-order valence-corrected chi connectivity index (χ4v) is 1.86. The molecule has 18 heavy (non-hydrogen) atoms. The Kier molecular flexibility index (Phi) is 4.20. The zero-order chi connectivity index (χ0) is 13.0. The third kappa shape index (κ3) is 3.01. The lowest BCUT2D eigenvalue weighted by atomic mass is 10.3. The Morgan fingerprint density at radius 2 is 2.28 bits per heavy atom. The van der Waals surface area contributed by atoms with Crippen molar-refractivity contribution in [1.82, 2.24) is 9.78 Å². The van der Waals surface area contributed by atoms with Crippen molar-refractivity contribution in [2.75, 3.05) is 5.32 Å². The first-order chi connectivity index (χ1) is 8.70. The van der Waals surface area contributed by atoms with Gasteiger partial charge in [-0.05, 0) is 18.6 Å². The molecular formula is C13H15ClFN3. The predicted molar refractivity (Wildman–Crippen MR) is 71.3 cm³/mol. The summed E-state index contributed by atoms with van der Waals surface area (Å²) in [4.78, 5) is 0. The summed E-state index contributed by atoms with van der Waals surface area (Å²) in [5.41, 5.74) is 1.42. The van der Waals surface area contributed by atoms with Crippen LogP contribution in [0.3, 0.4) is 0 Å². The zero-order valence-corrected chi connectivity index (χ0v) is 10.9. The van der Waals surface area contributed by atoms with Gasteiger partial charge in [-0.3, -0.25) is 4.68 Å². The van der Waals surface area contributed by atoms with Crippen molar-refractivity contribution in [2.24, 2.45) is 0 Å². The Morgan fingerprint density at radius 1 is 1.44 bits per heavy atom. The van der Waals surface area contributed by atoms with Gasteiger partial charge in [-0.15, -0.1) is 0 Å². The molecule has 0 aliphatic heterocycles. The minimum Gasteiger partial charge on any atom is -0.378 e. The molecule has 0 spiro atoms. The van der Waals surface area contributed by atoms with Crippen LogP contribution in [-0.2, 0) is 13.1 Å². The first-order valence-electron chi connectivity index (χ1n) is 5.90. The molecule has 0 aliphatic carbocycles. The van der Waals surface area contributed by atoms with Crippen molar-refractivity contribution in [3.8, 4) is 0 Å². The van der Waals surface area contributed by atoms with Crippen LogP contribution in [0.15, 0.2) is 30.6 Å². The van der Waals surface area contributed by atoms with E-state index < -0.39 is 5.82 Å². The Morgan fingerprint density at radius 3 is 3.06 bits per heavy atom. The van der Waals surface area contributed by atoms with Crippen LogP contribution in [0.2, 0.25) is 5.02 Å². The maximum absolute atomic E-state index is 13.6. The Labute approximate surface area is 111 Å². The van der Waals surface area contributed by atoms with E-state index in [4.69, 9.17) is 11.6 Å². The molecular weight excluding hydrogens is 253 g/mol. The van der Waals surface area contributed by atoms with E-state index in [0.717, 1.165) is 18.5 Å². The second kappa shape index (κ2) is 5.87. The molecule has 0 saturated heterocycles. The largest absolute Gasteiger partial charge is 0.378 e. The van der Waals surface area contributed by atoms with E-state index in [9.17, 15) is 4.39 Å². The number of halogens is 2. The van der Waals surface area contributed by atoms with Crippen LogP contribution in [0.25, 0.3) is 0 Å². The Bertz CT molecular complexity index is 525. The molecule has 2 rings (SSSR count). The van der Waals surface area contributed by atoms with Crippen LogP contribution in [0.4, 0.5) is 10.1 Å². The highest BCUT2D eigenvalue weighted by Gasteiger charge is 2.06. The number of nitrogens with one attached hydrogen (secondary N) is 1. The normalized spacial score (nSPS) is 10.6. The van der Waals surface area contributed by atoms with E-state index in [0.29, 0.717) is 12.2 Å². The fourth-order valence-electron chi connectivity index (χ4n) is 1.69. The molecule has 0 aliphatic rings. The SMILES string of the molecule is CCCn1cc(CNc2cccc(Cl)c2F)cn1. The van der Waals surface area contributed by atoms with Crippen LogP contribution >= 0.6 is 11.6 Å². The number of benzene rings is 1. The third-order valence-corrected chi connectivity index (χ3v) is 2.87. The second-order valence-corrected chi connectivity index (χ2v) is 4.47. The van der Waals surface area contributed by atoms with Gasteiger partial charge in [-0.2, -0.15) is 5.10 Å². The molecule has 5 heteroatoms. The molecule has 0 bridgehead atoms. The average molecular weight is 268 g/mol. The van der Waals surface area contributed by atoms with Gasteiger partial charge in [0.15, 0.2) is 5.82 Å². The lowest BCUT2D eigenvalue weighted by molar-refractivity contribution is 0.602. The number of nitrogens with zero attached hydrogens (tertiary/aromatic N) is 2. The summed E-state index contributed by atoms with van der Waals surface area (Å²) in [6, 6.07) is 4.91. The van der Waals surface area contributed by atoms with Crippen LogP contribution in [0.1, 0.15) is 18.9 Å². The molecule has 1 heterocycles. The Balaban J connectivity index is 2.00.